The van der Waals surface area contributed by atoms with Gasteiger partial charge < -0.3 is 9.09 Å². The first-order chi connectivity index (χ1) is 8.38. The summed E-state index contributed by atoms with van der Waals surface area (Å²) in [6.45, 7) is 2.79. The van der Waals surface area contributed by atoms with Crippen LogP contribution in [0.5, 0.6) is 0 Å². The highest BCUT2D eigenvalue weighted by Gasteiger charge is 2.10. The van der Waals surface area contributed by atoms with E-state index in [1.165, 1.54) is 0 Å². The lowest BCUT2D eigenvalue weighted by Crippen LogP contribution is -2.03. The number of aromatic nitrogens is 3. The summed E-state index contributed by atoms with van der Waals surface area (Å²) in [5.74, 6) is 1.92. The Kier molecular flexibility index (Phi) is 2.40. The summed E-state index contributed by atoms with van der Waals surface area (Å²) in [6, 6.07) is 10.0. The lowest BCUT2D eigenvalue weighted by Gasteiger charge is -2.04. The van der Waals surface area contributed by atoms with E-state index in [9.17, 15) is 0 Å². The molecule has 0 amide bonds. The summed E-state index contributed by atoms with van der Waals surface area (Å²) in [5, 5.41) is 3.73. The predicted octanol–water partition coefficient (Wildman–Crippen LogP) is 2.64. The molecule has 2 aromatic heterocycles. The first-order valence-electron chi connectivity index (χ1n) is 5.72. The van der Waals surface area contributed by atoms with Crippen LogP contribution < -0.4 is 0 Å². The molecule has 0 aliphatic carbocycles. The summed E-state index contributed by atoms with van der Waals surface area (Å²) >= 11 is 0. The fourth-order valence-electron chi connectivity index (χ4n) is 2.05. The molecule has 3 rings (SSSR count). The van der Waals surface area contributed by atoms with Crippen LogP contribution in [0, 0.1) is 0 Å². The Morgan fingerprint density at radius 2 is 2.12 bits per heavy atom. The zero-order valence-corrected chi connectivity index (χ0v) is 9.63. The number of imidazole rings is 1. The predicted molar refractivity (Wildman–Crippen MR) is 64.7 cm³/mol. The van der Waals surface area contributed by atoms with Crippen LogP contribution in [0.4, 0.5) is 0 Å². The van der Waals surface area contributed by atoms with Gasteiger partial charge in [0.15, 0.2) is 5.76 Å². The van der Waals surface area contributed by atoms with E-state index >= 15 is 0 Å². The minimum absolute atomic E-state index is 0.684. The molecule has 0 saturated heterocycles. The van der Waals surface area contributed by atoms with Gasteiger partial charge in [0.1, 0.15) is 5.82 Å². The third-order valence-electron chi connectivity index (χ3n) is 2.86. The second kappa shape index (κ2) is 4.05. The van der Waals surface area contributed by atoms with Crippen molar-refractivity contribution in [3.8, 4) is 0 Å². The van der Waals surface area contributed by atoms with Crippen molar-refractivity contribution in [2.75, 3.05) is 0 Å². The van der Waals surface area contributed by atoms with E-state index in [4.69, 9.17) is 4.52 Å². The van der Waals surface area contributed by atoms with Gasteiger partial charge in [-0.2, -0.15) is 0 Å². The number of hydrogen-bond donors (Lipinski definition) is 0. The van der Waals surface area contributed by atoms with Gasteiger partial charge in [0.25, 0.3) is 0 Å². The molecule has 0 spiro atoms. The molecule has 86 valence electrons. The zero-order chi connectivity index (χ0) is 11.7. The van der Waals surface area contributed by atoms with Crippen LogP contribution in [-0.2, 0) is 13.0 Å². The van der Waals surface area contributed by atoms with Gasteiger partial charge in [-0.3, -0.25) is 0 Å². The average Bonchev–Trinajstić information content (AvgIpc) is 2.98. The quantitative estimate of drug-likeness (QED) is 0.690. The van der Waals surface area contributed by atoms with Crippen molar-refractivity contribution in [2.24, 2.45) is 0 Å². The molecular formula is C13H13N3O. The van der Waals surface area contributed by atoms with Gasteiger partial charge in [-0.15, -0.1) is 0 Å². The monoisotopic (exact) mass is 227 g/mol. The Morgan fingerprint density at radius 3 is 2.88 bits per heavy atom. The second-order valence-electron chi connectivity index (χ2n) is 3.94. The van der Waals surface area contributed by atoms with Crippen molar-refractivity contribution >= 4 is 11.0 Å². The fourth-order valence-corrected chi connectivity index (χ4v) is 2.05. The molecule has 4 heteroatoms. The first-order valence-corrected chi connectivity index (χ1v) is 5.72. The Morgan fingerprint density at radius 1 is 1.24 bits per heavy atom. The van der Waals surface area contributed by atoms with E-state index in [1.807, 2.05) is 24.3 Å². The molecule has 0 fully saturated rings. The first kappa shape index (κ1) is 10.1. The Labute approximate surface area is 98.9 Å². The molecule has 1 aromatic carbocycles. The molecule has 0 bridgehead atoms. The molecule has 0 atom stereocenters. The van der Waals surface area contributed by atoms with Gasteiger partial charge >= 0.3 is 0 Å². The van der Waals surface area contributed by atoms with Crippen LogP contribution in [0.1, 0.15) is 18.5 Å². The molecule has 2 heterocycles. The number of hydrogen-bond acceptors (Lipinski definition) is 3. The maximum Gasteiger partial charge on any atom is 0.156 e. The second-order valence-corrected chi connectivity index (χ2v) is 3.94. The van der Waals surface area contributed by atoms with E-state index < -0.39 is 0 Å². The molecule has 0 aliphatic heterocycles. The Balaban J connectivity index is 2.12. The number of fused-ring (bicyclic) bond motifs is 1. The summed E-state index contributed by atoms with van der Waals surface area (Å²) in [6.07, 6.45) is 2.57. The van der Waals surface area contributed by atoms with Crippen LogP contribution in [0.2, 0.25) is 0 Å². The van der Waals surface area contributed by atoms with Gasteiger partial charge in [-0.05, 0) is 12.1 Å². The van der Waals surface area contributed by atoms with E-state index in [1.54, 1.807) is 6.20 Å². The van der Waals surface area contributed by atoms with E-state index in [2.05, 4.69) is 27.7 Å². The third kappa shape index (κ3) is 1.71. The van der Waals surface area contributed by atoms with E-state index in [-0.39, 0.29) is 0 Å². The number of aryl methyl sites for hydroxylation is 1. The topological polar surface area (TPSA) is 43.9 Å². The standard InChI is InChI=1S/C13H13N3O/c1-2-13-15-11-5-3-4-6-12(11)16(13)9-10-7-8-14-17-10/h3-8H,2,9H2,1H3. The molecule has 0 radical (unpaired) electrons. The summed E-state index contributed by atoms with van der Waals surface area (Å²) in [5.41, 5.74) is 2.17. The summed E-state index contributed by atoms with van der Waals surface area (Å²) < 4.78 is 7.33. The van der Waals surface area contributed by atoms with E-state index in [0.717, 1.165) is 29.0 Å². The van der Waals surface area contributed by atoms with Gasteiger partial charge in [0.05, 0.1) is 23.8 Å². The highest BCUT2D eigenvalue weighted by molar-refractivity contribution is 5.76. The van der Waals surface area contributed by atoms with Crippen molar-refractivity contribution < 1.29 is 4.52 Å². The van der Waals surface area contributed by atoms with Crippen molar-refractivity contribution in [2.45, 2.75) is 19.9 Å². The summed E-state index contributed by atoms with van der Waals surface area (Å²) in [4.78, 5) is 4.61. The molecule has 17 heavy (non-hydrogen) atoms. The maximum absolute atomic E-state index is 5.16. The zero-order valence-electron chi connectivity index (χ0n) is 9.63. The molecule has 4 nitrogen and oxygen atoms in total. The molecule has 3 aromatic rings. The van der Waals surface area contributed by atoms with Crippen molar-refractivity contribution in [3.05, 3.63) is 48.1 Å². The van der Waals surface area contributed by atoms with Crippen LogP contribution >= 0.6 is 0 Å². The van der Waals surface area contributed by atoms with Crippen molar-refractivity contribution in [1.82, 2.24) is 14.7 Å². The largest absolute Gasteiger partial charge is 0.359 e. The van der Waals surface area contributed by atoms with Crippen LogP contribution in [0.25, 0.3) is 11.0 Å². The maximum atomic E-state index is 5.16. The fraction of sp³-hybridized carbons (Fsp3) is 0.231. The molecule has 0 aliphatic rings. The Bertz CT molecular complexity index is 625. The van der Waals surface area contributed by atoms with Gasteiger partial charge in [-0.25, -0.2) is 4.98 Å². The lowest BCUT2D eigenvalue weighted by atomic mass is 10.3. The average molecular weight is 227 g/mol. The molecule has 0 saturated carbocycles. The van der Waals surface area contributed by atoms with Crippen molar-refractivity contribution in [1.29, 1.82) is 0 Å². The van der Waals surface area contributed by atoms with Crippen LogP contribution in [-0.4, -0.2) is 14.7 Å². The summed E-state index contributed by atoms with van der Waals surface area (Å²) in [7, 11) is 0. The number of benzene rings is 1. The SMILES string of the molecule is CCc1nc2ccccc2n1Cc1ccno1. The molecular weight excluding hydrogens is 214 g/mol. The van der Waals surface area contributed by atoms with Gasteiger partial charge in [0.2, 0.25) is 0 Å². The van der Waals surface area contributed by atoms with Gasteiger partial charge in [0, 0.05) is 12.5 Å². The third-order valence-corrected chi connectivity index (χ3v) is 2.86. The van der Waals surface area contributed by atoms with Crippen molar-refractivity contribution in [3.63, 3.8) is 0 Å². The molecule has 0 unspecified atom stereocenters. The number of para-hydroxylation sites is 2. The smallest absolute Gasteiger partial charge is 0.156 e. The Hall–Kier alpha value is -2.10. The number of nitrogens with zero attached hydrogens (tertiary/aromatic N) is 3. The highest BCUT2D eigenvalue weighted by Crippen LogP contribution is 2.18. The van der Waals surface area contributed by atoms with Crippen LogP contribution in [0.3, 0.4) is 0 Å². The van der Waals surface area contributed by atoms with E-state index in [0.29, 0.717) is 6.54 Å². The minimum atomic E-state index is 0.684. The highest BCUT2D eigenvalue weighted by atomic mass is 16.5. The molecule has 0 N–H and O–H groups in total. The minimum Gasteiger partial charge on any atom is -0.359 e. The van der Waals surface area contributed by atoms with Crippen LogP contribution in [0.15, 0.2) is 41.1 Å². The lowest BCUT2D eigenvalue weighted by molar-refractivity contribution is 0.376. The number of rotatable bonds is 3. The normalized spacial score (nSPS) is 11.1. The van der Waals surface area contributed by atoms with Gasteiger partial charge in [-0.1, -0.05) is 24.2 Å².